The molecule has 2 fully saturated rings. The van der Waals surface area contributed by atoms with Gasteiger partial charge in [0.1, 0.15) is 0 Å². The van der Waals surface area contributed by atoms with Gasteiger partial charge in [-0.25, -0.2) is 0 Å². The van der Waals surface area contributed by atoms with Gasteiger partial charge in [-0.05, 0) is 37.4 Å². The molecule has 3 unspecified atom stereocenters. The summed E-state index contributed by atoms with van der Waals surface area (Å²) in [6, 6.07) is 0.415. The Labute approximate surface area is 117 Å². The summed E-state index contributed by atoms with van der Waals surface area (Å²) in [4.78, 5) is 12.2. The van der Waals surface area contributed by atoms with Gasteiger partial charge in [0.05, 0.1) is 5.25 Å². The van der Waals surface area contributed by atoms with Crippen molar-refractivity contribution in [2.75, 3.05) is 11.1 Å². The molecule has 1 amide bonds. The molecule has 3 atom stereocenters. The van der Waals surface area contributed by atoms with Crippen LogP contribution in [0, 0.1) is 5.92 Å². The average molecular weight is 320 g/mol. The van der Waals surface area contributed by atoms with Gasteiger partial charge >= 0.3 is 0 Å². The highest BCUT2D eigenvalue weighted by Crippen LogP contribution is 2.28. The lowest BCUT2D eigenvalue weighted by Crippen LogP contribution is -2.46. The number of hydrogen-bond acceptors (Lipinski definition) is 2. The Morgan fingerprint density at radius 3 is 2.65 bits per heavy atom. The van der Waals surface area contributed by atoms with Crippen LogP contribution in [0.2, 0.25) is 0 Å². The summed E-state index contributed by atoms with van der Waals surface area (Å²) in [5, 5.41) is 4.55. The maximum absolute atomic E-state index is 12.2. The van der Waals surface area contributed by atoms with Gasteiger partial charge in [-0.15, -0.1) is 11.8 Å². The van der Waals surface area contributed by atoms with Crippen LogP contribution in [0.1, 0.15) is 44.9 Å². The van der Waals surface area contributed by atoms with Gasteiger partial charge in [-0.3, -0.25) is 4.79 Å². The number of hydrogen-bond donors (Lipinski definition) is 1. The van der Waals surface area contributed by atoms with Crippen LogP contribution >= 0.6 is 27.7 Å². The van der Waals surface area contributed by atoms with Gasteiger partial charge in [0, 0.05) is 11.4 Å². The van der Waals surface area contributed by atoms with E-state index in [-0.39, 0.29) is 5.25 Å². The quantitative estimate of drug-likeness (QED) is 0.808. The molecule has 0 aromatic heterocycles. The molecule has 1 aliphatic carbocycles. The molecule has 1 saturated heterocycles. The second-order valence-electron chi connectivity index (χ2n) is 5.17. The maximum atomic E-state index is 12.2. The first kappa shape index (κ1) is 13.7. The van der Waals surface area contributed by atoms with Crippen molar-refractivity contribution in [2.24, 2.45) is 5.92 Å². The van der Waals surface area contributed by atoms with Crippen LogP contribution in [0.5, 0.6) is 0 Å². The van der Waals surface area contributed by atoms with Gasteiger partial charge in [0.15, 0.2) is 0 Å². The number of carbonyl (C=O) groups is 1. The van der Waals surface area contributed by atoms with Crippen molar-refractivity contribution in [2.45, 2.75) is 56.2 Å². The Kier molecular flexibility index (Phi) is 5.67. The van der Waals surface area contributed by atoms with E-state index in [1.807, 2.05) is 11.8 Å². The number of halogens is 1. The number of alkyl halides is 1. The molecule has 2 rings (SSSR count). The molecular formula is C13H22BrNOS. The summed E-state index contributed by atoms with van der Waals surface area (Å²) in [6.07, 6.45) is 8.59. The van der Waals surface area contributed by atoms with Crippen LogP contribution in [0.15, 0.2) is 0 Å². The van der Waals surface area contributed by atoms with E-state index >= 15 is 0 Å². The maximum Gasteiger partial charge on any atom is 0.233 e. The van der Waals surface area contributed by atoms with Crippen LogP contribution in [0.3, 0.4) is 0 Å². The van der Waals surface area contributed by atoms with Crippen molar-refractivity contribution in [1.82, 2.24) is 5.32 Å². The summed E-state index contributed by atoms with van der Waals surface area (Å²) in [5.74, 6) is 2.10. The first-order valence-electron chi connectivity index (χ1n) is 6.79. The fourth-order valence-electron chi connectivity index (χ4n) is 2.81. The van der Waals surface area contributed by atoms with Gasteiger partial charge in [-0.1, -0.05) is 35.2 Å². The molecule has 1 saturated carbocycles. The van der Waals surface area contributed by atoms with Gasteiger partial charge in [-0.2, -0.15) is 0 Å². The van der Waals surface area contributed by atoms with Crippen LogP contribution in [0.25, 0.3) is 0 Å². The molecule has 0 bridgehead atoms. The van der Waals surface area contributed by atoms with Crippen LogP contribution in [-0.2, 0) is 4.79 Å². The fourth-order valence-corrected chi connectivity index (χ4v) is 4.79. The monoisotopic (exact) mass is 319 g/mol. The number of rotatable bonds is 3. The SMILES string of the molecule is O=C(NC1CCCCC1CBr)C1CCCCS1. The Balaban J connectivity index is 1.83. The Hall–Kier alpha value is 0.300. The summed E-state index contributed by atoms with van der Waals surface area (Å²) in [5.41, 5.74) is 0. The van der Waals surface area contributed by atoms with Crippen molar-refractivity contribution in [1.29, 1.82) is 0 Å². The normalized spacial score (nSPS) is 34.3. The summed E-state index contributed by atoms with van der Waals surface area (Å²) >= 11 is 5.43. The van der Waals surface area contributed by atoms with Crippen molar-refractivity contribution >= 4 is 33.6 Å². The van der Waals surface area contributed by atoms with Gasteiger partial charge < -0.3 is 5.32 Å². The molecule has 0 aromatic carbocycles. The van der Waals surface area contributed by atoms with Crippen LogP contribution in [-0.4, -0.2) is 28.3 Å². The van der Waals surface area contributed by atoms with E-state index in [9.17, 15) is 4.79 Å². The lowest BCUT2D eigenvalue weighted by atomic mass is 9.86. The number of thioether (sulfide) groups is 1. The minimum absolute atomic E-state index is 0.224. The molecule has 2 nitrogen and oxygen atoms in total. The molecule has 0 spiro atoms. The van der Waals surface area contributed by atoms with Crippen molar-refractivity contribution < 1.29 is 4.79 Å². The zero-order valence-corrected chi connectivity index (χ0v) is 12.7. The third kappa shape index (κ3) is 3.88. The molecule has 98 valence electrons. The van der Waals surface area contributed by atoms with E-state index < -0.39 is 0 Å². The highest BCUT2D eigenvalue weighted by molar-refractivity contribution is 9.09. The topological polar surface area (TPSA) is 29.1 Å². The van der Waals surface area contributed by atoms with Crippen LogP contribution in [0.4, 0.5) is 0 Å². The molecule has 0 aromatic rings. The van der Waals surface area contributed by atoms with E-state index in [1.54, 1.807) is 0 Å². The lowest BCUT2D eigenvalue weighted by molar-refractivity contribution is -0.122. The van der Waals surface area contributed by atoms with E-state index in [4.69, 9.17) is 0 Å². The summed E-state index contributed by atoms with van der Waals surface area (Å²) in [6.45, 7) is 0. The van der Waals surface area contributed by atoms with Crippen molar-refractivity contribution in [3.05, 3.63) is 0 Å². The molecule has 1 heterocycles. The predicted octanol–water partition coefficient (Wildman–Crippen LogP) is 3.34. The zero-order valence-electron chi connectivity index (χ0n) is 10.3. The third-order valence-corrected chi connectivity index (χ3v) is 6.12. The van der Waals surface area contributed by atoms with Crippen LogP contribution < -0.4 is 5.32 Å². The number of amides is 1. The standard InChI is InChI=1S/C13H22BrNOS/c14-9-10-5-1-2-6-11(10)15-13(16)12-7-3-4-8-17-12/h10-12H,1-9H2,(H,15,16). The lowest BCUT2D eigenvalue weighted by Gasteiger charge is -2.32. The first-order valence-corrected chi connectivity index (χ1v) is 8.96. The molecule has 17 heavy (non-hydrogen) atoms. The number of nitrogens with one attached hydrogen (secondary N) is 1. The Bertz CT molecular complexity index is 256. The molecule has 1 aliphatic heterocycles. The Morgan fingerprint density at radius 1 is 1.18 bits per heavy atom. The highest BCUT2D eigenvalue weighted by atomic mass is 79.9. The zero-order chi connectivity index (χ0) is 12.1. The van der Waals surface area contributed by atoms with Gasteiger partial charge in [0.25, 0.3) is 0 Å². The largest absolute Gasteiger partial charge is 0.352 e. The smallest absolute Gasteiger partial charge is 0.233 e. The minimum Gasteiger partial charge on any atom is -0.352 e. The molecule has 4 heteroatoms. The predicted molar refractivity (Wildman–Crippen MR) is 77.8 cm³/mol. The van der Waals surface area contributed by atoms with Gasteiger partial charge in [0.2, 0.25) is 5.91 Å². The van der Waals surface area contributed by atoms with E-state index in [0.29, 0.717) is 17.9 Å². The van der Waals surface area contributed by atoms with E-state index in [1.165, 1.54) is 38.5 Å². The van der Waals surface area contributed by atoms with E-state index in [0.717, 1.165) is 17.5 Å². The average Bonchev–Trinajstić information content (AvgIpc) is 2.40. The van der Waals surface area contributed by atoms with Crippen molar-refractivity contribution in [3.8, 4) is 0 Å². The molecule has 0 radical (unpaired) electrons. The summed E-state index contributed by atoms with van der Waals surface area (Å²) < 4.78 is 0. The molecule has 1 N–H and O–H groups in total. The number of carbonyl (C=O) groups excluding carboxylic acids is 1. The second-order valence-corrected chi connectivity index (χ2v) is 7.13. The van der Waals surface area contributed by atoms with E-state index in [2.05, 4.69) is 21.2 Å². The molecule has 2 aliphatic rings. The third-order valence-electron chi connectivity index (χ3n) is 3.91. The minimum atomic E-state index is 0.224. The highest BCUT2D eigenvalue weighted by Gasteiger charge is 2.29. The second kappa shape index (κ2) is 7.03. The first-order chi connectivity index (χ1) is 8.31. The Morgan fingerprint density at radius 2 is 1.94 bits per heavy atom. The fraction of sp³-hybridized carbons (Fsp3) is 0.923. The summed E-state index contributed by atoms with van der Waals surface area (Å²) in [7, 11) is 0. The molecular weight excluding hydrogens is 298 g/mol. The van der Waals surface area contributed by atoms with Crippen molar-refractivity contribution in [3.63, 3.8) is 0 Å².